The summed E-state index contributed by atoms with van der Waals surface area (Å²) in [5.41, 5.74) is 4.39. The van der Waals surface area contributed by atoms with Gasteiger partial charge in [0, 0.05) is 5.56 Å². The number of aromatic nitrogens is 2. The fraction of sp³-hybridized carbons (Fsp3) is 0.118. The molecule has 0 fully saturated rings. The molecule has 0 aliphatic rings. The van der Waals surface area contributed by atoms with Gasteiger partial charge in [-0.15, -0.1) is 0 Å². The first-order valence-electron chi connectivity index (χ1n) is 6.58. The van der Waals surface area contributed by atoms with Gasteiger partial charge in [-0.05, 0) is 25.5 Å². The standard InChI is InChI=1S/C17H16N2O/c1-12-8-6-7-11-15(12)19-13(2)17(20)16(18-19)14-9-4-3-5-10-14/h3-11,20H,1-2H3. The molecule has 0 amide bonds. The molecule has 3 heteroatoms. The van der Waals surface area contributed by atoms with Crippen molar-refractivity contribution in [3.8, 4) is 22.7 Å². The summed E-state index contributed by atoms with van der Waals surface area (Å²) in [6.07, 6.45) is 0. The highest BCUT2D eigenvalue weighted by atomic mass is 16.3. The van der Waals surface area contributed by atoms with E-state index in [2.05, 4.69) is 5.10 Å². The molecular weight excluding hydrogens is 248 g/mol. The van der Waals surface area contributed by atoms with E-state index < -0.39 is 0 Å². The first kappa shape index (κ1) is 12.5. The second-order valence-corrected chi connectivity index (χ2v) is 4.85. The van der Waals surface area contributed by atoms with E-state index in [1.54, 1.807) is 4.68 Å². The van der Waals surface area contributed by atoms with Gasteiger partial charge in [0.2, 0.25) is 0 Å². The molecule has 0 aliphatic carbocycles. The van der Waals surface area contributed by atoms with E-state index in [9.17, 15) is 5.11 Å². The number of nitrogens with zero attached hydrogens (tertiary/aromatic N) is 2. The highest BCUT2D eigenvalue weighted by Crippen LogP contribution is 2.32. The predicted octanol–water partition coefficient (Wildman–Crippen LogP) is 3.86. The van der Waals surface area contributed by atoms with Gasteiger partial charge in [0.05, 0.1) is 11.4 Å². The Hall–Kier alpha value is -2.55. The smallest absolute Gasteiger partial charge is 0.165 e. The van der Waals surface area contributed by atoms with E-state index in [0.717, 1.165) is 22.5 Å². The first-order chi connectivity index (χ1) is 9.68. The third kappa shape index (κ3) is 1.97. The SMILES string of the molecule is Cc1ccccc1-n1nc(-c2ccccc2)c(O)c1C. The van der Waals surface area contributed by atoms with Crippen molar-refractivity contribution in [2.45, 2.75) is 13.8 Å². The van der Waals surface area contributed by atoms with Crippen LogP contribution in [0.5, 0.6) is 5.75 Å². The largest absolute Gasteiger partial charge is 0.504 e. The van der Waals surface area contributed by atoms with Gasteiger partial charge in [-0.2, -0.15) is 5.10 Å². The lowest BCUT2D eigenvalue weighted by Gasteiger charge is -2.07. The summed E-state index contributed by atoms with van der Waals surface area (Å²) >= 11 is 0. The molecule has 1 heterocycles. The number of rotatable bonds is 2. The Morgan fingerprint density at radius 2 is 1.55 bits per heavy atom. The summed E-state index contributed by atoms with van der Waals surface area (Å²) in [7, 11) is 0. The van der Waals surface area contributed by atoms with E-state index in [1.165, 1.54) is 0 Å². The summed E-state index contributed by atoms with van der Waals surface area (Å²) in [5.74, 6) is 0.236. The summed E-state index contributed by atoms with van der Waals surface area (Å²) in [6.45, 7) is 3.91. The molecule has 3 nitrogen and oxygen atoms in total. The average Bonchev–Trinajstić information content (AvgIpc) is 2.77. The Balaban J connectivity index is 2.19. The van der Waals surface area contributed by atoms with Crippen LogP contribution >= 0.6 is 0 Å². The molecule has 0 atom stereocenters. The van der Waals surface area contributed by atoms with Crippen LogP contribution in [0.3, 0.4) is 0 Å². The number of para-hydroxylation sites is 1. The lowest BCUT2D eigenvalue weighted by atomic mass is 10.1. The monoisotopic (exact) mass is 264 g/mol. The van der Waals surface area contributed by atoms with Gasteiger partial charge in [0.1, 0.15) is 5.69 Å². The van der Waals surface area contributed by atoms with Crippen LogP contribution in [0.4, 0.5) is 0 Å². The van der Waals surface area contributed by atoms with E-state index in [-0.39, 0.29) is 5.75 Å². The minimum Gasteiger partial charge on any atom is -0.504 e. The molecular formula is C17H16N2O. The summed E-state index contributed by atoms with van der Waals surface area (Å²) in [5, 5.41) is 14.9. The first-order valence-corrected chi connectivity index (χ1v) is 6.58. The normalized spacial score (nSPS) is 10.7. The van der Waals surface area contributed by atoms with Crippen molar-refractivity contribution < 1.29 is 5.11 Å². The lowest BCUT2D eigenvalue weighted by molar-refractivity contribution is 0.472. The van der Waals surface area contributed by atoms with Crippen molar-refractivity contribution in [3.05, 3.63) is 65.9 Å². The Labute approximate surface area is 118 Å². The zero-order chi connectivity index (χ0) is 14.1. The molecule has 0 radical (unpaired) electrons. The van der Waals surface area contributed by atoms with Crippen LogP contribution in [0.15, 0.2) is 54.6 Å². The van der Waals surface area contributed by atoms with Gasteiger partial charge < -0.3 is 5.11 Å². The molecule has 0 bridgehead atoms. The zero-order valence-electron chi connectivity index (χ0n) is 11.5. The molecule has 3 aromatic rings. The predicted molar refractivity (Wildman–Crippen MR) is 80.1 cm³/mol. The van der Waals surface area contributed by atoms with Crippen molar-refractivity contribution in [1.29, 1.82) is 0 Å². The van der Waals surface area contributed by atoms with Crippen LogP contribution in [0, 0.1) is 13.8 Å². The maximum absolute atomic E-state index is 10.3. The maximum Gasteiger partial charge on any atom is 0.165 e. The van der Waals surface area contributed by atoms with E-state index in [1.807, 2.05) is 68.4 Å². The molecule has 0 saturated carbocycles. The Bertz CT molecular complexity index is 745. The number of benzene rings is 2. The van der Waals surface area contributed by atoms with E-state index >= 15 is 0 Å². The van der Waals surface area contributed by atoms with Crippen LogP contribution in [0.2, 0.25) is 0 Å². The Morgan fingerprint density at radius 3 is 2.25 bits per heavy atom. The Morgan fingerprint density at radius 1 is 0.900 bits per heavy atom. The van der Waals surface area contributed by atoms with Crippen LogP contribution in [-0.2, 0) is 0 Å². The zero-order valence-corrected chi connectivity index (χ0v) is 11.5. The molecule has 0 aliphatic heterocycles. The van der Waals surface area contributed by atoms with Gasteiger partial charge >= 0.3 is 0 Å². The molecule has 1 aromatic heterocycles. The number of aromatic hydroxyl groups is 1. The second kappa shape index (κ2) is 4.85. The van der Waals surface area contributed by atoms with Gasteiger partial charge in [-0.25, -0.2) is 4.68 Å². The van der Waals surface area contributed by atoms with E-state index in [0.29, 0.717) is 5.69 Å². The molecule has 100 valence electrons. The highest BCUT2D eigenvalue weighted by Gasteiger charge is 2.16. The summed E-state index contributed by atoms with van der Waals surface area (Å²) in [4.78, 5) is 0. The van der Waals surface area contributed by atoms with Crippen molar-refractivity contribution >= 4 is 0 Å². The topological polar surface area (TPSA) is 38.0 Å². The van der Waals surface area contributed by atoms with Crippen molar-refractivity contribution in [1.82, 2.24) is 9.78 Å². The van der Waals surface area contributed by atoms with Gasteiger partial charge in [0.15, 0.2) is 5.75 Å². The Kier molecular flexibility index (Phi) is 3.03. The van der Waals surface area contributed by atoms with E-state index in [4.69, 9.17) is 0 Å². The van der Waals surface area contributed by atoms with Crippen molar-refractivity contribution in [2.24, 2.45) is 0 Å². The lowest BCUT2D eigenvalue weighted by Crippen LogP contribution is -2.00. The molecule has 2 aromatic carbocycles. The quantitative estimate of drug-likeness (QED) is 0.763. The molecule has 0 saturated heterocycles. The van der Waals surface area contributed by atoms with Gasteiger partial charge in [-0.3, -0.25) is 0 Å². The number of aryl methyl sites for hydroxylation is 1. The average molecular weight is 264 g/mol. The summed E-state index contributed by atoms with van der Waals surface area (Å²) < 4.78 is 1.80. The van der Waals surface area contributed by atoms with Crippen molar-refractivity contribution in [2.75, 3.05) is 0 Å². The molecule has 0 spiro atoms. The molecule has 0 unspecified atom stereocenters. The highest BCUT2D eigenvalue weighted by molar-refractivity contribution is 5.67. The third-order valence-corrected chi connectivity index (χ3v) is 3.48. The fourth-order valence-electron chi connectivity index (χ4n) is 2.32. The van der Waals surface area contributed by atoms with Crippen LogP contribution < -0.4 is 0 Å². The maximum atomic E-state index is 10.3. The minimum atomic E-state index is 0.236. The number of hydrogen-bond donors (Lipinski definition) is 1. The molecule has 1 N–H and O–H groups in total. The van der Waals surface area contributed by atoms with Gasteiger partial charge in [-0.1, -0.05) is 48.5 Å². The van der Waals surface area contributed by atoms with Crippen LogP contribution in [-0.4, -0.2) is 14.9 Å². The summed E-state index contributed by atoms with van der Waals surface area (Å²) in [6, 6.07) is 17.7. The van der Waals surface area contributed by atoms with Crippen LogP contribution in [0.1, 0.15) is 11.3 Å². The minimum absolute atomic E-state index is 0.236. The van der Waals surface area contributed by atoms with Gasteiger partial charge in [0.25, 0.3) is 0 Å². The molecule has 3 rings (SSSR count). The molecule has 20 heavy (non-hydrogen) atoms. The second-order valence-electron chi connectivity index (χ2n) is 4.85. The fourth-order valence-corrected chi connectivity index (χ4v) is 2.32. The van der Waals surface area contributed by atoms with Crippen LogP contribution in [0.25, 0.3) is 16.9 Å². The third-order valence-electron chi connectivity index (χ3n) is 3.48. The van der Waals surface area contributed by atoms with Crippen molar-refractivity contribution in [3.63, 3.8) is 0 Å². The number of hydrogen-bond acceptors (Lipinski definition) is 2.